The quantitative estimate of drug-likeness (QED) is 0.651. The molecular formula is C23H23FN6O. The van der Waals surface area contributed by atoms with Crippen LogP contribution in [0.3, 0.4) is 0 Å². The Morgan fingerprint density at radius 2 is 1.58 bits per heavy atom. The van der Waals surface area contributed by atoms with E-state index >= 15 is 0 Å². The minimum absolute atomic E-state index is 0.0351. The van der Waals surface area contributed by atoms with Crippen LogP contribution in [0.4, 0.5) is 10.3 Å². The van der Waals surface area contributed by atoms with E-state index in [0.717, 1.165) is 42.8 Å². The van der Waals surface area contributed by atoms with Crippen molar-refractivity contribution >= 4 is 11.9 Å². The van der Waals surface area contributed by atoms with Crippen LogP contribution in [-0.4, -0.2) is 56.9 Å². The van der Waals surface area contributed by atoms with Crippen molar-refractivity contribution < 1.29 is 9.18 Å². The number of fused-ring (bicyclic) bond motifs is 1. The number of carbonyl (C=O) groups excluding carboxylic acids is 1. The molecule has 8 heteroatoms. The van der Waals surface area contributed by atoms with Gasteiger partial charge in [0.05, 0.1) is 18.0 Å². The van der Waals surface area contributed by atoms with E-state index in [0.29, 0.717) is 41.9 Å². The summed E-state index contributed by atoms with van der Waals surface area (Å²) in [5.41, 5.74) is 3.10. The molecule has 1 aromatic carbocycles. The molecule has 4 heterocycles. The first-order valence-corrected chi connectivity index (χ1v) is 10.4. The van der Waals surface area contributed by atoms with Crippen LogP contribution in [0.2, 0.25) is 0 Å². The monoisotopic (exact) mass is 418 g/mol. The number of hydrogen-bond donors (Lipinski definition) is 0. The zero-order valence-electron chi connectivity index (χ0n) is 17.5. The number of aryl methyl sites for hydroxylation is 2. The number of rotatable bonds is 3. The molecule has 0 aliphatic carbocycles. The van der Waals surface area contributed by atoms with Crippen LogP contribution in [0, 0.1) is 31.5 Å². The van der Waals surface area contributed by atoms with Gasteiger partial charge in [0.15, 0.2) is 11.6 Å². The van der Waals surface area contributed by atoms with Crippen molar-refractivity contribution in [1.29, 1.82) is 0 Å². The predicted octanol–water partition coefficient (Wildman–Crippen LogP) is 2.90. The van der Waals surface area contributed by atoms with E-state index < -0.39 is 5.82 Å². The van der Waals surface area contributed by atoms with E-state index in [1.54, 1.807) is 12.1 Å². The lowest BCUT2D eigenvalue weighted by atomic mass is 10.0. The van der Waals surface area contributed by atoms with E-state index in [1.807, 2.05) is 36.9 Å². The fourth-order valence-corrected chi connectivity index (χ4v) is 4.66. The maximum atomic E-state index is 13.3. The summed E-state index contributed by atoms with van der Waals surface area (Å²) in [6.07, 6.45) is 2.24. The Kier molecular flexibility index (Phi) is 4.84. The van der Waals surface area contributed by atoms with Gasteiger partial charge in [-0.2, -0.15) is 0 Å². The standard InChI is InChI=1S/C23H23FN6O/c1-14-7-15(2)28-23(27-14)30-12-16-10-29(11-17(16)13-30)22(31)20-6-4-3-5-19(20)21-25-8-18(24)9-26-21/h3-9,16-17H,10-13H2,1-2H3. The highest BCUT2D eigenvalue weighted by atomic mass is 19.1. The van der Waals surface area contributed by atoms with Crippen LogP contribution in [-0.2, 0) is 0 Å². The highest BCUT2D eigenvalue weighted by molar-refractivity contribution is 6.00. The lowest BCUT2D eigenvalue weighted by Crippen LogP contribution is -2.34. The Balaban J connectivity index is 1.32. The molecule has 2 saturated heterocycles. The lowest BCUT2D eigenvalue weighted by molar-refractivity contribution is 0.0783. The Bertz CT molecular complexity index is 1100. The second-order valence-electron chi connectivity index (χ2n) is 8.36. The van der Waals surface area contributed by atoms with Crippen LogP contribution >= 0.6 is 0 Å². The second-order valence-corrected chi connectivity index (χ2v) is 8.36. The van der Waals surface area contributed by atoms with Gasteiger partial charge in [0, 0.05) is 55.0 Å². The highest BCUT2D eigenvalue weighted by Gasteiger charge is 2.42. The Morgan fingerprint density at radius 1 is 0.968 bits per heavy atom. The van der Waals surface area contributed by atoms with E-state index in [-0.39, 0.29) is 5.91 Å². The van der Waals surface area contributed by atoms with Crippen molar-refractivity contribution in [1.82, 2.24) is 24.8 Å². The number of halogens is 1. The molecule has 0 N–H and O–H groups in total. The normalized spacial score (nSPS) is 20.2. The SMILES string of the molecule is Cc1cc(C)nc(N2CC3CN(C(=O)c4ccccc4-c4ncc(F)cn4)CC3C2)n1. The molecule has 2 aliphatic heterocycles. The van der Waals surface area contributed by atoms with Crippen molar-refractivity contribution in [2.45, 2.75) is 13.8 Å². The van der Waals surface area contributed by atoms with E-state index in [9.17, 15) is 9.18 Å². The zero-order valence-corrected chi connectivity index (χ0v) is 17.5. The first kappa shape index (κ1) is 19.5. The third-order valence-electron chi connectivity index (χ3n) is 6.05. The molecule has 5 rings (SSSR count). The minimum Gasteiger partial charge on any atom is -0.340 e. The number of hydrogen-bond acceptors (Lipinski definition) is 6. The summed E-state index contributed by atoms with van der Waals surface area (Å²) in [5.74, 6) is 1.38. The molecule has 2 aliphatic rings. The molecule has 2 aromatic heterocycles. The lowest BCUT2D eigenvalue weighted by Gasteiger charge is -2.23. The maximum Gasteiger partial charge on any atom is 0.254 e. The van der Waals surface area contributed by atoms with E-state index in [1.165, 1.54) is 0 Å². The van der Waals surface area contributed by atoms with Gasteiger partial charge in [-0.15, -0.1) is 0 Å². The summed E-state index contributed by atoms with van der Waals surface area (Å²) in [7, 11) is 0. The molecule has 0 spiro atoms. The summed E-state index contributed by atoms with van der Waals surface area (Å²) in [4.78, 5) is 34.8. The number of carbonyl (C=O) groups is 1. The fraction of sp³-hybridized carbons (Fsp3) is 0.348. The van der Waals surface area contributed by atoms with Crippen molar-refractivity contribution in [3.05, 3.63) is 65.5 Å². The van der Waals surface area contributed by atoms with Gasteiger partial charge in [-0.25, -0.2) is 24.3 Å². The Labute approximate surface area is 180 Å². The summed E-state index contributed by atoms with van der Waals surface area (Å²) in [6, 6.07) is 9.23. The summed E-state index contributed by atoms with van der Waals surface area (Å²) < 4.78 is 13.2. The van der Waals surface area contributed by atoms with Gasteiger partial charge < -0.3 is 9.80 Å². The number of benzene rings is 1. The van der Waals surface area contributed by atoms with Gasteiger partial charge in [0.25, 0.3) is 5.91 Å². The van der Waals surface area contributed by atoms with Gasteiger partial charge in [0.2, 0.25) is 5.95 Å². The topological polar surface area (TPSA) is 75.1 Å². The number of aromatic nitrogens is 4. The van der Waals surface area contributed by atoms with Gasteiger partial charge in [-0.1, -0.05) is 18.2 Å². The molecule has 7 nitrogen and oxygen atoms in total. The molecule has 2 atom stereocenters. The van der Waals surface area contributed by atoms with E-state index in [2.05, 4.69) is 24.8 Å². The first-order chi connectivity index (χ1) is 15.0. The van der Waals surface area contributed by atoms with Crippen molar-refractivity contribution in [3.8, 4) is 11.4 Å². The predicted molar refractivity (Wildman–Crippen MR) is 114 cm³/mol. The number of amides is 1. The molecule has 2 unspecified atom stereocenters. The molecule has 0 bridgehead atoms. The zero-order chi connectivity index (χ0) is 21.5. The molecule has 0 radical (unpaired) electrons. The van der Waals surface area contributed by atoms with Crippen molar-refractivity contribution in [2.24, 2.45) is 11.8 Å². The van der Waals surface area contributed by atoms with Gasteiger partial charge in [-0.05, 0) is 26.0 Å². The van der Waals surface area contributed by atoms with Crippen LogP contribution in [0.15, 0.2) is 42.7 Å². The molecule has 158 valence electrons. The summed E-state index contributed by atoms with van der Waals surface area (Å²) >= 11 is 0. The molecular weight excluding hydrogens is 395 g/mol. The smallest absolute Gasteiger partial charge is 0.254 e. The second kappa shape index (κ2) is 7.68. The van der Waals surface area contributed by atoms with Gasteiger partial charge in [-0.3, -0.25) is 4.79 Å². The van der Waals surface area contributed by atoms with Crippen molar-refractivity contribution in [2.75, 3.05) is 31.1 Å². The van der Waals surface area contributed by atoms with Crippen LogP contribution in [0.25, 0.3) is 11.4 Å². The van der Waals surface area contributed by atoms with Crippen LogP contribution < -0.4 is 4.90 Å². The van der Waals surface area contributed by atoms with Crippen LogP contribution in [0.1, 0.15) is 21.7 Å². The molecule has 2 fully saturated rings. The average Bonchev–Trinajstić information content (AvgIpc) is 3.33. The molecule has 1 amide bonds. The fourth-order valence-electron chi connectivity index (χ4n) is 4.66. The average molecular weight is 418 g/mol. The molecule has 0 saturated carbocycles. The first-order valence-electron chi connectivity index (χ1n) is 10.4. The van der Waals surface area contributed by atoms with Crippen LogP contribution in [0.5, 0.6) is 0 Å². The third kappa shape index (κ3) is 3.73. The molecule has 3 aromatic rings. The van der Waals surface area contributed by atoms with Gasteiger partial charge in [0.1, 0.15) is 0 Å². The Morgan fingerprint density at radius 3 is 2.23 bits per heavy atom. The highest BCUT2D eigenvalue weighted by Crippen LogP contribution is 2.34. The van der Waals surface area contributed by atoms with Crippen molar-refractivity contribution in [3.63, 3.8) is 0 Å². The number of anilines is 1. The number of likely N-dealkylation sites (tertiary alicyclic amines) is 1. The van der Waals surface area contributed by atoms with E-state index in [4.69, 9.17) is 0 Å². The molecule has 31 heavy (non-hydrogen) atoms. The number of nitrogens with zero attached hydrogens (tertiary/aromatic N) is 6. The maximum absolute atomic E-state index is 13.3. The summed E-state index contributed by atoms with van der Waals surface area (Å²) in [5, 5.41) is 0. The Hall–Kier alpha value is -3.42. The summed E-state index contributed by atoms with van der Waals surface area (Å²) in [6.45, 7) is 7.06. The van der Waals surface area contributed by atoms with Gasteiger partial charge >= 0.3 is 0 Å². The largest absolute Gasteiger partial charge is 0.340 e. The minimum atomic E-state index is -0.503. The third-order valence-corrected chi connectivity index (χ3v) is 6.05.